The van der Waals surface area contributed by atoms with Crippen molar-refractivity contribution in [3.8, 4) is 0 Å². The van der Waals surface area contributed by atoms with Crippen molar-refractivity contribution >= 4 is 0 Å². The van der Waals surface area contributed by atoms with E-state index in [1.807, 2.05) is 0 Å². The summed E-state index contributed by atoms with van der Waals surface area (Å²) < 4.78 is 0. The average molecular weight is 197 g/mol. The van der Waals surface area contributed by atoms with Crippen LogP contribution in [0.1, 0.15) is 18.9 Å². The first-order valence-electron chi connectivity index (χ1n) is 5.60. The summed E-state index contributed by atoms with van der Waals surface area (Å²) in [7, 11) is 0. The number of hydrogen-bond acceptors (Lipinski definition) is 0. The molecule has 1 aliphatic rings. The molecule has 0 aromatic heterocycles. The molecule has 0 heteroatoms. The van der Waals surface area contributed by atoms with Gasteiger partial charge in [0.25, 0.3) is 0 Å². The molecule has 0 saturated heterocycles. The molecular weight excluding hydrogens is 180 g/mol. The fourth-order valence-electron chi connectivity index (χ4n) is 1.98. The van der Waals surface area contributed by atoms with E-state index in [0.717, 1.165) is 12.8 Å². The van der Waals surface area contributed by atoms with Crippen molar-refractivity contribution in [1.82, 2.24) is 0 Å². The highest BCUT2D eigenvalue weighted by Crippen LogP contribution is 2.21. The zero-order valence-corrected chi connectivity index (χ0v) is 9.19. The van der Waals surface area contributed by atoms with Gasteiger partial charge in [0.1, 0.15) is 0 Å². The molecule has 0 heterocycles. The molecule has 2 rings (SSSR count). The third-order valence-corrected chi connectivity index (χ3v) is 2.87. The van der Waals surface area contributed by atoms with Crippen molar-refractivity contribution in [2.45, 2.75) is 19.8 Å². The maximum absolute atomic E-state index is 2.33. The van der Waals surface area contributed by atoms with Crippen molar-refractivity contribution < 1.29 is 0 Å². The standard InChI is InChI=1S/C15H17/c1-13(15-10-6-3-7-11-15)12-14-8-4-2-5-9-14/h2-6,8-11,13H,7,12H2,1H3. The maximum Gasteiger partial charge on any atom is -0.0129 e. The van der Waals surface area contributed by atoms with Crippen LogP contribution in [0.4, 0.5) is 0 Å². The van der Waals surface area contributed by atoms with Crippen molar-refractivity contribution in [2.75, 3.05) is 0 Å². The molecule has 0 bridgehead atoms. The third-order valence-electron chi connectivity index (χ3n) is 2.87. The van der Waals surface area contributed by atoms with Gasteiger partial charge in [0.05, 0.1) is 0 Å². The molecule has 15 heavy (non-hydrogen) atoms. The van der Waals surface area contributed by atoms with Crippen molar-refractivity contribution in [1.29, 1.82) is 0 Å². The Morgan fingerprint density at radius 2 is 2.00 bits per heavy atom. The Labute approximate surface area is 92.3 Å². The Balaban J connectivity index is 2.01. The van der Waals surface area contributed by atoms with Crippen LogP contribution in [0.2, 0.25) is 0 Å². The average Bonchev–Trinajstić information content (AvgIpc) is 2.31. The predicted octanol–water partition coefficient (Wildman–Crippen LogP) is 3.96. The number of allylic oxidation sites excluding steroid dienone is 4. The molecular formula is C15H17. The van der Waals surface area contributed by atoms with E-state index in [2.05, 4.69) is 61.9 Å². The van der Waals surface area contributed by atoms with Crippen LogP contribution in [0.15, 0.2) is 54.1 Å². The van der Waals surface area contributed by atoms with Crippen LogP contribution in [0, 0.1) is 12.3 Å². The normalized spacial score (nSPS) is 17.3. The highest BCUT2D eigenvalue weighted by atomic mass is 14.1. The van der Waals surface area contributed by atoms with E-state index in [1.165, 1.54) is 11.1 Å². The fourth-order valence-corrected chi connectivity index (χ4v) is 1.98. The van der Waals surface area contributed by atoms with Crippen LogP contribution in [-0.2, 0) is 6.42 Å². The van der Waals surface area contributed by atoms with Gasteiger partial charge in [-0.1, -0.05) is 55.5 Å². The van der Waals surface area contributed by atoms with Crippen LogP contribution >= 0.6 is 0 Å². The number of hydrogen-bond donors (Lipinski definition) is 0. The van der Waals surface area contributed by atoms with E-state index < -0.39 is 0 Å². The van der Waals surface area contributed by atoms with Crippen LogP contribution in [0.5, 0.6) is 0 Å². The summed E-state index contributed by atoms with van der Waals surface area (Å²) in [5.41, 5.74) is 2.90. The highest BCUT2D eigenvalue weighted by molar-refractivity contribution is 5.30. The van der Waals surface area contributed by atoms with E-state index in [4.69, 9.17) is 0 Å². The molecule has 1 atom stereocenters. The van der Waals surface area contributed by atoms with E-state index in [-0.39, 0.29) is 0 Å². The molecule has 0 aliphatic heterocycles. The van der Waals surface area contributed by atoms with Crippen LogP contribution < -0.4 is 0 Å². The summed E-state index contributed by atoms with van der Waals surface area (Å²) in [6.45, 7) is 2.30. The molecule has 0 fully saturated rings. The SMILES string of the molecule is CC(Cc1ccccc1)C1=CC[CH]C=C1. The monoisotopic (exact) mass is 197 g/mol. The van der Waals surface area contributed by atoms with Gasteiger partial charge in [-0.05, 0) is 36.3 Å². The zero-order chi connectivity index (χ0) is 10.5. The second-order valence-electron chi connectivity index (χ2n) is 4.13. The molecule has 0 saturated carbocycles. The Bertz CT molecular complexity index is 357. The first-order chi connectivity index (χ1) is 7.36. The number of rotatable bonds is 3. The minimum atomic E-state index is 0.623. The minimum absolute atomic E-state index is 0.623. The lowest BCUT2D eigenvalue weighted by Gasteiger charge is -2.15. The summed E-state index contributed by atoms with van der Waals surface area (Å²) in [5.74, 6) is 0.623. The van der Waals surface area contributed by atoms with Gasteiger partial charge in [0.2, 0.25) is 0 Å². The Hall–Kier alpha value is -1.30. The zero-order valence-electron chi connectivity index (χ0n) is 9.19. The van der Waals surface area contributed by atoms with E-state index in [0.29, 0.717) is 5.92 Å². The molecule has 0 spiro atoms. The molecule has 1 unspecified atom stereocenters. The summed E-state index contributed by atoms with van der Waals surface area (Å²) in [4.78, 5) is 0. The number of benzene rings is 1. The molecule has 0 amide bonds. The first-order valence-corrected chi connectivity index (χ1v) is 5.60. The largest absolute Gasteiger partial charge is 0.0804 e. The Kier molecular flexibility index (Phi) is 3.39. The van der Waals surface area contributed by atoms with Crippen molar-refractivity contribution in [3.05, 3.63) is 66.1 Å². The van der Waals surface area contributed by atoms with E-state index >= 15 is 0 Å². The maximum atomic E-state index is 2.33. The molecule has 1 aliphatic carbocycles. The fraction of sp³-hybridized carbons (Fsp3) is 0.267. The molecule has 77 valence electrons. The van der Waals surface area contributed by atoms with Gasteiger partial charge in [-0.25, -0.2) is 0 Å². The second-order valence-corrected chi connectivity index (χ2v) is 4.13. The lowest BCUT2D eigenvalue weighted by Crippen LogP contribution is -2.03. The predicted molar refractivity (Wildman–Crippen MR) is 65.5 cm³/mol. The molecule has 1 radical (unpaired) electrons. The van der Waals surface area contributed by atoms with Gasteiger partial charge in [0.15, 0.2) is 0 Å². The van der Waals surface area contributed by atoms with Gasteiger partial charge < -0.3 is 0 Å². The first kappa shape index (κ1) is 10.2. The van der Waals surface area contributed by atoms with Crippen LogP contribution in [0.25, 0.3) is 0 Å². The Morgan fingerprint density at radius 1 is 1.20 bits per heavy atom. The quantitative estimate of drug-likeness (QED) is 0.688. The van der Waals surface area contributed by atoms with Gasteiger partial charge in [-0.3, -0.25) is 0 Å². The molecule has 1 aromatic carbocycles. The minimum Gasteiger partial charge on any atom is -0.0804 e. The van der Waals surface area contributed by atoms with Crippen molar-refractivity contribution in [2.24, 2.45) is 5.92 Å². The summed E-state index contributed by atoms with van der Waals surface area (Å²) >= 11 is 0. The van der Waals surface area contributed by atoms with Gasteiger partial charge >= 0.3 is 0 Å². The Morgan fingerprint density at radius 3 is 2.67 bits per heavy atom. The van der Waals surface area contributed by atoms with Crippen molar-refractivity contribution in [3.63, 3.8) is 0 Å². The van der Waals surface area contributed by atoms with Crippen LogP contribution in [0.3, 0.4) is 0 Å². The summed E-state index contributed by atoms with van der Waals surface area (Å²) in [6.07, 6.45) is 11.1. The highest BCUT2D eigenvalue weighted by Gasteiger charge is 2.08. The molecule has 0 nitrogen and oxygen atoms in total. The van der Waals surface area contributed by atoms with E-state index in [1.54, 1.807) is 0 Å². The lowest BCUT2D eigenvalue weighted by atomic mass is 9.90. The topological polar surface area (TPSA) is 0 Å². The lowest BCUT2D eigenvalue weighted by molar-refractivity contribution is 0.688. The second kappa shape index (κ2) is 4.97. The van der Waals surface area contributed by atoms with Gasteiger partial charge in [-0.2, -0.15) is 0 Å². The van der Waals surface area contributed by atoms with Crippen LogP contribution in [-0.4, -0.2) is 0 Å². The van der Waals surface area contributed by atoms with E-state index in [9.17, 15) is 0 Å². The molecule has 1 aromatic rings. The van der Waals surface area contributed by atoms with Gasteiger partial charge in [-0.15, -0.1) is 0 Å². The van der Waals surface area contributed by atoms with Gasteiger partial charge in [0, 0.05) is 0 Å². The summed E-state index contributed by atoms with van der Waals surface area (Å²) in [5, 5.41) is 0. The third kappa shape index (κ3) is 2.82. The summed E-state index contributed by atoms with van der Waals surface area (Å²) in [6, 6.07) is 10.7. The molecule has 0 N–H and O–H groups in total. The smallest absolute Gasteiger partial charge is 0.0129 e.